The summed E-state index contributed by atoms with van der Waals surface area (Å²) in [6, 6.07) is 20.7. The maximum Gasteiger partial charge on any atom is 0.264 e. The molecule has 1 aliphatic rings. The normalized spacial score (nSPS) is 16.2. The van der Waals surface area contributed by atoms with Gasteiger partial charge in [0.15, 0.2) is 5.17 Å². The van der Waals surface area contributed by atoms with E-state index >= 15 is 0 Å². The number of aromatic nitrogens is 1. The van der Waals surface area contributed by atoms with E-state index in [4.69, 9.17) is 0 Å². The lowest BCUT2D eigenvalue weighted by atomic mass is 10.1. The Morgan fingerprint density at radius 2 is 1.91 bits per heavy atom. The second kappa shape index (κ2) is 8.71. The molecule has 1 amide bonds. The number of amides is 1. The summed E-state index contributed by atoms with van der Waals surface area (Å²) in [4.78, 5) is 17.8. The zero-order valence-corrected chi connectivity index (χ0v) is 19.1. The molecule has 0 bridgehead atoms. The Morgan fingerprint density at radius 3 is 2.76 bits per heavy atom. The molecule has 1 aromatic heterocycles. The number of aryl methyl sites for hydroxylation is 1. The van der Waals surface area contributed by atoms with Crippen LogP contribution in [0.2, 0.25) is 0 Å². The molecule has 5 rings (SSSR count). The van der Waals surface area contributed by atoms with E-state index in [1.54, 1.807) is 12.1 Å². The number of aliphatic imine (C=N–C) groups is 1. The number of amidine groups is 1. The third-order valence-electron chi connectivity index (χ3n) is 5.78. The summed E-state index contributed by atoms with van der Waals surface area (Å²) < 4.78 is 15.6. The number of rotatable bonds is 4. The van der Waals surface area contributed by atoms with Crippen LogP contribution in [-0.4, -0.2) is 15.6 Å². The molecule has 1 aliphatic heterocycles. The van der Waals surface area contributed by atoms with Crippen molar-refractivity contribution in [3.63, 3.8) is 0 Å². The van der Waals surface area contributed by atoms with Gasteiger partial charge in [-0.15, -0.1) is 0 Å². The van der Waals surface area contributed by atoms with Crippen molar-refractivity contribution in [2.75, 3.05) is 0 Å². The van der Waals surface area contributed by atoms with E-state index in [0.717, 1.165) is 33.3 Å². The van der Waals surface area contributed by atoms with Gasteiger partial charge in [0.25, 0.3) is 5.91 Å². The molecule has 2 heterocycles. The van der Waals surface area contributed by atoms with Crippen molar-refractivity contribution in [2.24, 2.45) is 4.99 Å². The maximum absolute atomic E-state index is 13.5. The number of nitrogens with one attached hydrogen (secondary N) is 1. The van der Waals surface area contributed by atoms with E-state index in [-0.39, 0.29) is 11.7 Å². The highest BCUT2D eigenvalue weighted by atomic mass is 32.2. The van der Waals surface area contributed by atoms with Gasteiger partial charge in [0.1, 0.15) is 5.82 Å². The van der Waals surface area contributed by atoms with Gasteiger partial charge in [-0.2, -0.15) is 0 Å². The molecule has 0 spiro atoms. The lowest BCUT2D eigenvalue weighted by Crippen LogP contribution is -2.19. The smallest absolute Gasteiger partial charge is 0.264 e. The Kier molecular flexibility index (Phi) is 5.60. The minimum Gasteiger partial charge on any atom is -0.343 e. The Labute approximate surface area is 195 Å². The molecule has 4 nitrogen and oxygen atoms in total. The van der Waals surface area contributed by atoms with E-state index in [2.05, 4.69) is 20.9 Å². The van der Waals surface area contributed by atoms with E-state index in [1.807, 2.05) is 68.6 Å². The number of fused-ring (bicyclic) bond motifs is 1. The number of thioether (sulfide) groups is 1. The molecule has 1 N–H and O–H groups in total. The summed E-state index contributed by atoms with van der Waals surface area (Å²) in [6.45, 7) is 4.67. The molecule has 0 radical (unpaired) electrons. The van der Waals surface area contributed by atoms with Gasteiger partial charge in [-0.25, -0.2) is 9.38 Å². The van der Waals surface area contributed by atoms with Crippen LogP contribution in [0.4, 0.5) is 10.1 Å². The summed E-state index contributed by atoms with van der Waals surface area (Å²) >= 11 is 1.35. The molecule has 164 valence electrons. The van der Waals surface area contributed by atoms with Crippen molar-refractivity contribution in [3.8, 4) is 0 Å². The van der Waals surface area contributed by atoms with E-state index in [1.165, 1.54) is 23.4 Å². The highest BCUT2D eigenvalue weighted by Gasteiger charge is 2.24. The second-order valence-electron chi connectivity index (χ2n) is 8.09. The number of nitrogens with zero attached hydrogens (tertiary/aromatic N) is 2. The van der Waals surface area contributed by atoms with Gasteiger partial charge in [0, 0.05) is 23.6 Å². The van der Waals surface area contributed by atoms with E-state index in [9.17, 15) is 9.18 Å². The topological polar surface area (TPSA) is 46.4 Å². The first kappa shape index (κ1) is 21.2. The maximum atomic E-state index is 13.5. The molecular formula is C27H22FN3OS. The van der Waals surface area contributed by atoms with Crippen LogP contribution in [0.15, 0.2) is 82.8 Å². The molecule has 0 atom stereocenters. The summed E-state index contributed by atoms with van der Waals surface area (Å²) in [7, 11) is 0. The fraction of sp³-hybridized carbons (Fsp3) is 0.111. The SMILES string of the molecule is Cc1cccc(N=C2NC(=O)/C(=C\c3ccc4c(ccn4Cc4cccc(F)c4)c3)S2)c1C. The van der Waals surface area contributed by atoms with Crippen molar-refractivity contribution < 1.29 is 9.18 Å². The van der Waals surface area contributed by atoms with Gasteiger partial charge in [-0.1, -0.05) is 30.3 Å². The first-order valence-electron chi connectivity index (χ1n) is 10.7. The molecular weight excluding hydrogens is 433 g/mol. The Bertz CT molecular complexity index is 1450. The monoisotopic (exact) mass is 455 g/mol. The fourth-order valence-electron chi connectivity index (χ4n) is 3.88. The quantitative estimate of drug-likeness (QED) is 0.365. The van der Waals surface area contributed by atoms with Crippen LogP contribution in [0.25, 0.3) is 17.0 Å². The first-order chi connectivity index (χ1) is 16.0. The van der Waals surface area contributed by atoms with Crippen LogP contribution in [0, 0.1) is 19.7 Å². The van der Waals surface area contributed by atoms with Gasteiger partial charge >= 0.3 is 0 Å². The van der Waals surface area contributed by atoms with Gasteiger partial charge in [0.05, 0.1) is 10.6 Å². The van der Waals surface area contributed by atoms with E-state index < -0.39 is 0 Å². The molecule has 0 saturated carbocycles. The molecule has 1 saturated heterocycles. The number of benzene rings is 3. The average molecular weight is 456 g/mol. The van der Waals surface area contributed by atoms with Crippen LogP contribution in [0.1, 0.15) is 22.3 Å². The number of carbonyl (C=O) groups is 1. The molecule has 4 aromatic rings. The Hall–Kier alpha value is -3.64. The van der Waals surface area contributed by atoms with Crippen LogP contribution >= 0.6 is 11.8 Å². The molecule has 1 fully saturated rings. The number of hydrogen-bond acceptors (Lipinski definition) is 3. The van der Waals surface area contributed by atoms with Crippen molar-refractivity contribution in [1.82, 2.24) is 9.88 Å². The average Bonchev–Trinajstić information content (AvgIpc) is 3.34. The lowest BCUT2D eigenvalue weighted by molar-refractivity contribution is -0.115. The zero-order chi connectivity index (χ0) is 22.9. The van der Waals surface area contributed by atoms with Gasteiger partial charge in [-0.3, -0.25) is 4.79 Å². The van der Waals surface area contributed by atoms with Gasteiger partial charge in [0.2, 0.25) is 0 Å². The van der Waals surface area contributed by atoms with Crippen molar-refractivity contribution in [1.29, 1.82) is 0 Å². The molecule has 0 unspecified atom stereocenters. The molecule has 3 aromatic carbocycles. The lowest BCUT2D eigenvalue weighted by Gasteiger charge is -2.06. The minimum atomic E-state index is -0.231. The Balaban J connectivity index is 1.38. The van der Waals surface area contributed by atoms with Crippen LogP contribution in [0.5, 0.6) is 0 Å². The van der Waals surface area contributed by atoms with Crippen molar-refractivity contribution in [3.05, 3.63) is 106 Å². The largest absolute Gasteiger partial charge is 0.343 e. The predicted octanol–water partition coefficient (Wildman–Crippen LogP) is 6.34. The van der Waals surface area contributed by atoms with Crippen LogP contribution < -0.4 is 5.32 Å². The van der Waals surface area contributed by atoms with Crippen molar-refractivity contribution >= 4 is 45.5 Å². The fourth-order valence-corrected chi connectivity index (χ4v) is 4.71. The minimum absolute atomic E-state index is 0.146. The molecule has 0 aliphatic carbocycles. The van der Waals surface area contributed by atoms with Gasteiger partial charge < -0.3 is 9.88 Å². The summed E-state index contributed by atoms with van der Waals surface area (Å²) in [5, 5.41) is 4.51. The third-order valence-corrected chi connectivity index (χ3v) is 6.69. The molecule has 33 heavy (non-hydrogen) atoms. The Morgan fingerprint density at radius 1 is 1.06 bits per heavy atom. The zero-order valence-electron chi connectivity index (χ0n) is 18.3. The summed E-state index contributed by atoms with van der Waals surface area (Å²) in [6.07, 6.45) is 3.88. The first-order valence-corrected chi connectivity index (χ1v) is 11.5. The van der Waals surface area contributed by atoms with E-state index in [0.29, 0.717) is 16.6 Å². The number of halogens is 1. The standard InChI is InChI=1S/C27H22FN3OS/c1-17-5-3-8-23(18(17)2)29-27-30-26(32)25(33-27)15-19-9-10-24-21(13-19)11-12-31(24)16-20-6-4-7-22(28)14-20/h3-15H,16H2,1-2H3,(H,29,30,32)/b25-15+. The van der Waals surface area contributed by atoms with Gasteiger partial charge in [-0.05, 0) is 90.3 Å². The summed E-state index contributed by atoms with van der Waals surface area (Å²) in [5.41, 5.74) is 6.04. The van der Waals surface area contributed by atoms with Crippen molar-refractivity contribution in [2.45, 2.75) is 20.4 Å². The highest BCUT2D eigenvalue weighted by Crippen LogP contribution is 2.30. The van der Waals surface area contributed by atoms with Crippen LogP contribution in [-0.2, 0) is 11.3 Å². The summed E-state index contributed by atoms with van der Waals surface area (Å²) in [5.74, 6) is -0.376. The molecule has 6 heteroatoms. The number of hydrogen-bond donors (Lipinski definition) is 1. The second-order valence-corrected chi connectivity index (χ2v) is 9.12. The predicted molar refractivity (Wildman–Crippen MR) is 134 cm³/mol. The van der Waals surface area contributed by atoms with Crippen LogP contribution in [0.3, 0.4) is 0 Å². The highest BCUT2D eigenvalue weighted by molar-refractivity contribution is 8.18. The number of carbonyl (C=O) groups excluding carboxylic acids is 1. The third kappa shape index (κ3) is 4.47.